The van der Waals surface area contributed by atoms with Gasteiger partial charge in [-0.05, 0) is 108 Å². The van der Waals surface area contributed by atoms with Gasteiger partial charge in [-0.15, -0.1) is 6.58 Å². The van der Waals surface area contributed by atoms with Crippen molar-refractivity contribution in [2.75, 3.05) is 32.9 Å². The number of carbonyl (C=O) groups is 2. The van der Waals surface area contributed by atoms with Gasteiger partial charge in [0, 0.05) is 50.1 Å². The zero-order chi connectivity index (χ0) is 44.5. The minimum atomic E-state index is -1.29. The van der Waals surface area contributed by atoms with Gasteiger partial charge in [0.25, 0.3) is 0 Å². The van der Waals surface area contributed by atoms with Crippen LogP contribution in [0.15, 0.2) is 47.7 Å². The van der Waals surface area contributed by atoms with Gasteiger partial charge in [-0.1, -0.05) is 102 Å². The van der Waals surface area contributed by atoms with Crippen LogP contribution < -0.4 is 14.8 Å². The molecule has 6 atom stereocenters. The highest BCUT2D eigenvalue weighted by atomic mass is 16.7. The highest BCUT2D eigenvalue weighted by Gasteiger charge is 2.65. The molecule has 348 valence electrons. The molecule has 2 amide bonds. The van der Waals surface area contributed by atoms with E-state index < -0.39 is 29.4 Å². The highest BCUT2D eigenvalue weighted by molar-refractivity contribution is 6.03. The third kappa shape index (κ3) is 13.3. The van der Waals surface area contributed by atoms with Crippen molar-refractivity contribution in [1.29, 1.82) is 0 Å². The van der Waals surface area contributed by atoms with Gasteiger partial charge in [-0.25, -0.2) is 4.79 Å². The summed E-state index contributed by atoms with van der Waals surface area (Å²) in [6.45, 7) is 15.9. The Labute approximate surface area is 373 Å². The Morgan fingerprint density at radius 3 is 2.24 bits per heavy atom. The fourth-order valence-corrected chi connectivity index (χ4v) is 10.1. The molecule has 4 aliphatic rings. The minimum Gasteiger partial charge on any atom is -0.459 e. The number of amides is 2. The quantitative estimate of drug-likeness (QED) is 0.0430. The summed E-state index contributed by atoms with van der Waals surface area (Å²) in [5, 5.41) is 27.7. The molecule has 0 unspecified atom stereocenters. The monoisotopic (exact) mass is 864 g/mol. The van der Waals surface area contributed by atoms with Crippen molar-refractivity contribution in [2.24, 2.45) is 28.8 Å². The Hall–Kier alpha value is -3.41. The first-order valence-corrected chi connectivity index (χ1v) is 24.5. The van der Waals surface area contributed by atoms with E-state index in [2.05, 4.69) is 31.8 Å². The van der Waals surface area contributed by atoms with Crippen LogP contribution in [-0.2, 0) is 14.4 Å². The van der Waals surface area contributed by atoms with E-state index in [0.29, 0.717) is 43.9 Å². The second-order valence-electron chi connectivity index (χ2n) is 19.3. The van der Waals surface area contributed by atoms with E-state index in [4.69, 9.17) is 24.2 Å². The molecule has 11 heteroatoms. The van der Waals surface area contributed by atoms with Crippen LogP contribution in [0.5, 0.6) is 11.5 Å². The van der Waals surface area contributed by atoms with Crippen molar-refractivity contribution in [3.05, 3.63) is 48.1 Å². The van der Waals surface area contributed by atoms with E-state index in [-0.39, 0.29) is 49.4 Å². The summed E-state index contributed by atoms with van der Waals surface area (Å²) in [5.74, 6) is -0.535. The number of hydrogen-bond acceptors (Lipinski definition) is 9. The molecule has 0 aromatic heterocycles. The molecule has 5 rings (SSSR count). The lowest BCUT2D eigenvalue weighted by Crippen LogP contribution is -2.70. The minimum absolute atomic E-state index is 0.0164. The molecule has 0 saturated heterocycles. The lowest BCUT2D eigenvalue weighted by molar-refractivity contribution is -0.257. The first-order chi connectivity index (χ1) is 30.0. The number of aliphatic hydroxyl groups is 2. The van der Waals surface area contributed by atoms with Crippen LogP contribution >= 0.6 is 0 Å². The summed E-state index contributed by atoms with van der Waals surface area (Å²) in [6.07, 6.45) is 23.5. The molecule has 11 nitrogen and oxygen atoms in total. The standard InChI is InChI=1S/C51H81N3O8/c1-7-10-11-12-13-14-15-16-17-20-29-52-49(58)60-39-27-28-44-42(35-39)46-40(24-19-22-32-56)38(23-18-21-31-55)34-41-43(53-62-50(4,5)6)36-45(51(61-44,47(41)46)59-33-9-3)54(30-8-2)48(57)37-25-26-37/h9,27-28,34-35,37-38,40,45-47,55-56H,3,7-8,10-26,29-33,36H2,1-2,4-6H3,(H,52,58)/t38-,40+,45-,46+,47+,51+/m0/s1. The zero-order valence-electron chi connectivity index (χ0n) is 39.0. The molecule has 0 radical (unpaired) electrons. The second-order valence-corrected chi connectivity index (χ2v) is 19.3. The van der Waals surface area contributed by atoms with Crippen LogP contribution in [0.2, 0.25) is 0 Å². The van der Waals surface area contributed by atoms with Gasteiger partial charge in [0.05, 0.1) is 18.2 Å². The van der Waals surface area contributed by atoms with Crippen LogP contribution in [-0.4, -0.2) is 83.2 Å². The number of rotatable bonds is 28. The van der Waals surface area contributed by atoms with E-state index in [1.54, 1.807) is 12.1 Å². The molecule has 2 saturated carbocycles. The highest BCUT2D eigenvalue weighted by Crippen LogP contribution is 2.62. The SMILES string of the molecule is C=CCO[C@@]12Oc3ccc(OC(=O)NCCCCCCCCCCCC)cc3[C@H]3[C@H](CCCCO)[C@@H](CCCCO)C=C(C(=NOC(C)(C)C)C[C@@H]1N(CCC)C(=O)C1CC1)[C@H]32. The Morgan fingerprint density at radius 1 is 0.935 bits per heavy atom. The lowest BCUT2D eigenvalue weighted by Gasteiger charge is -2.60. The molecule has 1 aromatic carbocycles. The molecule has 3 N–H and O–H groups in total. The van der Waals surface area contributed by atoms with Crippen molar-refractivity contribution in [3.63, 3.8) is 0 Å². The molecular formula is C51H81N3O8. The largest absolute Gasteiger partial charge is 0.459 e. The first-order valence-electron chi connectivity index (χ1n) is 24.5. The molecule has 1 aliphatic heterocycles. The summed E-state index contributed by atoms with van der Waals surface area (Å²) in [5.41, 5.74) is 2.15. The number of allylic oxidation sites excluding steroid dienone is 1. The van der Waals surface area contributed by atoms with Crippen LogP contribution in [0.1, 0.15) is 175 Å². The number of nitrogens with zero attached hydrogens (tertiary/aromatic N) is 2. The molecule has 0 spiro atoms. The maximum Gasteiger partial charge on any atom is 0.412 e. The van der Waals surface area contributed by atoms with Gasteiger partial charge in [0.1, 0.15) is 23.1 Å². The first kappa shape index (κ1) is 49.6. The van der Waals surface area contributed by atoms with Crippen LogP contribution in [0, 0.1) is 23.7 Å². The van der Waals surface area contributed by atoms with Crippen LogP contribution in [0.3, 0.4) is 0 Å². The van der Waals surface area contributed by atoms with E-state index in [9.17, 15) is 19.8 Å². The number of aliphatic hydroxyl groups excluding tert-OH is 2. The molecule has 62 heavy (non-hydrogen) atoms. The normalized spacial score (nSPS) is 24.7. The Balaban J connectivity index is 1.53. The van der Waals surface area contributed by atoms with Gasteiger partial charge in [-0.2, -0.15) is 0 Å². The number of benzene rings is 1. The molecular weight excluding hydrogens is 783 g/mol. The van der Waals surface area contributed by atoms with Crippen LogP contribution in [0.25, 0.3) is 0 Å². The summed E-state index contributed by atoms with van der Waals surface area (Å²) in [7, 11) is 0. The van der Waals surface area contributed by atoms with Crippen molar-refractivity contribution in [3.8, 4) is 11.5 Å². The number of nitrogens with one attached hydrogen (secondary N) is 1. The summed E-state index contributed by atoms with van der Waals surface area (Å²) < 4.78 is 20.4. The average molecular weight is 864 g/mol. The topological polar surface area (TPSA) is 139 Å². The van der Waals surface area contributed by atoms with E-state index in [0.717, 1.165) is 74.6 Å². The van der Waals surface area contributed by atoms with Gasteiger partial charge in [-0.3, -0.25) is 4.79 Å². The molecule has 3 aliphatic carbocycles. The third-order valence-electron chi connectivity index (χ3n) is 13.1. The fourth-order valence-electron chi connectivity index (χ4n) is 10.1. The maximum absolute atomic E-state index is 14.4. The van der Waals surface area contributed by atoms with Gasteiger partial charge < -0.3 is 39.5 Å². The summed E-state index contributed by atoms with van der Waals surface area (Å²) in [4.78, 5) is 35.9. The number of ether oxygens (including phenoxy) is 3. The van der Waals surface area contributed by atoms with E-state index in [1.807, 2.05) is 37.8 Å². The van der Waals surface area contributed by atoms with E-state index in [1.165, 1.54) is 51.4 Å². The third-order valence-corrected chi connectivity index (χ3v) is 13.1. The van der Waals surface area contributed by atoms with Gasteiger partial charge in [0.2, 0.25) is 11.7 Å². The number of fused-ring (bicyclic) bond motifs is 2. The summed E-state index contributed by atoms with van der Waals surface area (Å²) in [6, 6.07) is 5.14. The van der Waals surface area contributed by atoms with Crippen molar-refractivity contribution in [2.45, 2.75) is 186 Å². The van der Waals surface area contributed by atoms with Gasteiger partial charge >= 0.3 is 6.09 Å². The lowest BCUT2D eigenvalue weighted by atomic mass is 9.55. The van der Waals surface area contributed by atoms with E-state index >= 15 is 0 Å². The number of unbranched alkanes of at least 4 members (excludes halogenated alkanes) is 11. The average Bonchev–Trinajstić information content (AvgIpc) is 4.10. The molecule has 1 aromatic rings. The zero-order valence-corrected chi connectivity index (χ0v) is 39.0. The van der Waals surface area contributed by atoms with Crippen molar-refractivity contribution in [1.82, 2.24) is 10.2 Å². The van der Waals surface area contributed by atoms with Crippen LogP contribution in [0.4, 0.5) is 4.79 Å². The van der Waals surface area contributed by atoms with Crippen molar-refractivity contribution >= 4 is 17.7 Å². The Morgan fingerprint density at radius 2 is 1.61 bits per heavy atom. The Bertz CT molecular complexity index is 1630. The predicted molar refractivity (Wildman–Crippen MR) is 246 cm³/mol. The summed E-state index contributed by atoms with van der Waals surface area (Å²) >= 11 is 0. The number of carbonyl (C=O) groups excluding carboxylic acids is 2. The molecule has 0 bridgehead atoms. The smallest absolute Gasteiger partial charge is 0.412 e. The second kappa shape index (κ2) is 24.6. The predicted octanol–water partition coefficient (Wildman–Crippen LogP) is 10.8. The molecule has 1 heterocycles. The Kier molecular flexibility index (Phi) is 19.7. The van der Waals surface area contributed by atoms with Crippen molar-refractivity contribution < 1.29 is 38.9 Å². The number of oxime groups is 1. The maximum atomic E-state index is 14.4. The van der Waals surface area contributed by atoms with Gasteiger partial charge in [0.15, 0.2) is 0 Å². The number of hydrogen-bond donors (Lipinski definition) is 3. The molecule has 2 fully saturated rings. The fraction of sp³-hybridized carbons (Fsp3) is 0.745.